The molecule has 0 bridgehead atoms. The number of hydrogen-bond donors (Lipinski definition) is 1. The van der Waals surface area contributed by atoms with Gasteiger partial charge < -0.3 is 14.8 Å². The minimum absolute atomic E-state index is 0.0986. The molecule has 1 aromatic carbocycles. The lowest BCUT2D eigenvalue weighted by atomic mass is 10.2. The normalized spacial score (nSPS) is 10.8. The number of thiophene rings is 1. The molecule has 0 aliphatic heterocycles. The molecular weight excluding hydrogens is 376 g/mol. The molecule has 7 nitrogen and oxygen atoms in total. The summed E-state index contributed by atoms with van der Waals surface area (Å²) < 4.78 is 1.38. The molecule has 0 saturated heterocycles. The SMILES string of the molecule is CCN(Cc1ccccc1)C(=O)CNC(=O)c1sc2ncn(C)c(=O)c2c1C. The van der Waals surface area contributed by atoms with Crippen molar-refractivity contribution in [3.63, 3.8) is 0 Å². The number of amides is 2. The summed E-state index contributed by atoms with van der Waals surface area (Å²) in [5, 5.41) is 3.13. The Morgan fingerprint density at radius 2 is 1.96 bits per heavy atom. The molecule has 0 saturated carbocycles. The lowest BCUT2D eigenvalue weighted by molar-refractivity contribution is -0.130. The first-order valence-electron chi connectivity index (χ1n) is 8.97. The van der Waals surface area contributed by atoms with Crippen LogP contribution in [-0.4, -0.2) is 39.4 Å². The highest BCUT2D eigenvalue weighted by Crippen LogP contribution is 2.26. The zero-order valence-electron chi connectivity index (χ0n) is 16.1. The molecule has 0 aliphatic rings. The zero-order chi connectivity index (χ0) is 20.3. The number of aromatic nitrogens is 2. The average molecular weight is 398 g/mol. The summed E-state index contributed by atoms with van der Waals surface area (Å²) in [4.78, 5) is 44.2. The molecule has 0 radical (unpaired) electrons. The highest BCUT2D eigenvalue weighted by molar-refractivity contribution is 7.20. The molecule has 28 heavy (non-hydrogen) atoms. The summed E-state index contributed by atoms with van der Waals surface area (Å²) in [6.45, 7) is 4.57. The molecular formula is C20H22N4O3S. The Kier molecular flexibility index (Phi) is 5.89. The lowest BCUT2D eigenvalue weighted by Crippen LogP contribution is -2.39. The number of benzene rings is 1. The maximum Gasteiger partial charge on any atom is 0.262 e. The van der Waals surface area contributed by atoms with Crippen LogP contribution in [0.1, 0.15) is 27.7 Å². The van der Waals surface area contributed by atoms with Crippen LogP contribution in [0, 0.1) is 6.92 Å². The van der Waals surface area contributed by atoms with Crippen LogP contribution in [0.2, 0.25) is 0 Å². The fourth-order valence-corrected chi connectivity index (χ4v) is 4.01. The van der Waals surface area contributed by atoms with Crippen LogP contribution < -0.4 is 10.9 Å². The van der Waals surface area contributed by atoms with Gasteiger partial charge in [0.1, 0.15) is 4.83 Å². The van der Waals surface area contributed by atoms with Gasteiger partial charge in [0.15, 0.2) is 0 Å². The number of rotatable bonds is 6. The summed E-state index contributed by atoms with van der Waals surface area (Å²) >= 11 is 1.16. The number of likely N-dealkylation sites (N-methyl/N-ethyl adjacent to an activating group) is 1. The Morgan fingerprint density at radius 1 is 1.25 bits per heavy atom. The molecule has 0 unspecified atom stereocenters. The van der Waals surface area contributed by atoms with Crippen LogP contribution in [0.4, 0.5) is 0 Å². The first kappa shape index (κ1) is 19.8. The topological polar surface area (TPSA) is 84.3 Å². The van der Waals surface area contributed by atoms with E-state index in [1.54, 1.807) is 18.9 Å². The van der Waals surface area contributed by atoms with Crippen LogP contribution in [0.25, 0.3) is 10.2 Å². The fraction of sp³-hybridized carbons (Fsp3) is 0.300. The summed E-state index contributed by atoms with van der Waals surface area (Å²) in [6.07, 6.45) is 1.44. The molecule has 1 N–H and O–H groups in total. The number of carbonyl (C=O) groups excluding carboxylic acids is 2. The van der Waals surface area contributed by atoms with Crippen LogP contribution >= 0.6 is 11.3 Å². The summed E-state index contributed by atoms with van der Waals surface area (Å²) in [6, 6.07) is 9.71. The van der Waals surface area contributed by atoms with Crippen LogP contribution in [0.5, 0.6) is 0 Å². The van der Waals surface area contributed by atoms with E-state index in [1.165, 1.54) is 10.9 Å². The van der Waals surface area contributed by atoms with Crippen molar-refractivity contribution in [2.24, 2.45) is 7.05 Å². The third-order valence-corrected chi connectivity index (χ3v) is 5.77. The third kappa shape index (κ3) is 3.96. The number of nitrogens with one attached hydrogen (secondary N) is 1. The molecule has 3 rings (SSSR count). The van der Waals surface area contributed by atoms with E-state index in [0.29, 0.717) is 33.7 Å². The number of fused-ring (bicyclic) bond motifs is 1. The van der Waals surface area contributed by atoms with Gasteiger partial charge in [0, 0.05) is 20.1 Å². The van der Waals surface area contributed by atoms with Crippen molar-refractivity contribution >= 4 is 33.4 Å². The van der Waals surface area contributed by atoms with Gasteiger partial charge >= 0.3 is 0 Å². The highest BCUT2D eigenvalue weighted by Gasteiger charge is 2.20. The van der Waals surface area contributed by atoms with Crippen molar-refractivity contribution in [1.82, 2.24) is 19.8 Å². The molecule has 3 aromatic rings. The van der Waals surface area contributed by atoms with Gasteiger partial charge in [-0.25, -0.2) is 4.98 Å². The second kappa shape index (κ2) is 8.35. The standard InChI is InChI=1S/C20H22N4O3S/c1-4-24(11-14-8-6-5-7-9-14)15(25)10-21-18(26)17-13(2)16-19(28-17)22-12-23(3)20(16)27/h5-9,12H,4,10-11H2,1-3H3,(H,21,26). The quantitative estimate of drug-likeness (QED) is 0.689. The minimum atomic E-state index is -0.369. The Hall–Kier alpha value is -3.00. The van der Waals surface area contributed by atoms with Crippen molar-refractivity contribution in [3.8, 4) is 0 Å². The van der Waals surface area contributed by atoms with E-state index < -0.39 is 0 Å². The van der Waals surface area contributed by atoms with Crippen molar-refractivity contribution in [2.75, 3.05) is 13.1 Å². The molecule has 2 heterocycles. The van der Waals surface area contributed by atoms with E-state index in [9.17, 15) is 14.4 Å². The molecule has 8 heteroatoms. The van der Waals surface area contributed by atoms with E-state index in [4.69, 9.17) is 0 Å². The third-order valence-electron chi connectivity index (χ3n) is 4.57. The lowest BCUT2D eigenvalue weighted by Gasteiger charge is -2.21. The molecule has 0 atom stereocenters. The van der Waals surface area contributed by atoms with Gasteiger partial charge in [0.05, 0.1) is 23.1 Å². The Bertz CT molecular complexity index is 1070. The van der Waals surface area contributed by atoms with E-state index in [1.807, 2.05) is 37.3 Å². The molecule has 0 fully saturated rings. The predicted molar refractivity (Wildman–Crippen MR) is 109 cm³/mol. The Balaban J connectivity index is 1.70. The number of carbonyl (C=O) groups is 2. The fourth-order valence-electron chi connectivity index (χ4n) is 2.95. The van der Waals surface area contributed by atoms with Gasteiger partial charge in [-0.1, -0.05) is 30.3 Å². The zero-order valence-corrected chi connectivity index (χ0v) is 16.9. The Labute approximate surface area is 166 Å². The summed E-state index contributed by atoms with van der Waals surface area (Å²) in [7, 11) is 1.62. The van der Waals surface area contributed by atoms with E-state index in [2.05, 4.69) is 10.3 Å². The maximum atomic E-state index is 12.6. The summed E-state index contributed by atoms with van der Waals surface area (Å²) in [5.74, 6) is -0.529. The van der Waals surface area contributed by atoms with Gasteiger partial charge in [-0.05, 0) is 25.0 Å². The largest absolute Gasteiger partial charge is 0.342 e. The number of nitrogens with zero attached hydrogens (tertiary/aromatic N) is 3. The molecule has 2 aromatic heterocycles. The van der Waals surface area contributed by atoms with Crippen molar-refractivity contribution in [1.29, 1.82) is 0 Å². The molecule has 2 amide bonds. The molecule has 0 spiro atoms. The second-order valence-electron chi connectivity index (χ2n) is 6.47. The van der Waals surface area contributed by atoms with Crippen LogP contribution in [0.3, 0.4) is 0 Å². The highest BCUT2D eigenvalue weighted by atomic mass is 32.1. The molecule has 146 valence electrons. The van der Waals surface area contributed by atoms with Gasteiger partial charge in [-0.2, -0.15) is 0 Å². The van der Waals surface area contributed by atoms with Gasteiger partial charge in [0.25, 0.3) is 11.5 Å². The van der Waals surface area contributed by atoms with E-state index >= 15 is 0 Å². The Morgan fingerprint density at radius 3 is 2.64 bits per heavy atom. The molecule has 0 aliphatic carbocycles. The van der Waals surface area contributed by atoms with Gasteiger partial charge in [-0.15, -0.1) is 11.3 Å². The van der Waals surface area contributed by atoms with Gasteiger partial charge in [0.2, 0.25) is 5.91 Å². The van der Waals surface area contributed by atoms with Crippen molar-refractivity contribution < 1.29 is 9.59 Å². The first-order valence-corrected chi connectivity index (χ1v) is 9.78. The minimum Gasteiger partial charge on any atom is -0.342 e. The summed E-state index contributed by atoms with van der Waals surface area (Å²) in [5.41, 5.74) is 1.44. The monoisotopic (exact) mass is 398 g/mol. The second-order valence-corrected chi connectivity index (χ2v) is 7.47. The number of hydrogen-bond acceptors (Lipinski definition) is 5. The van der Waals surface area contributed by atoms with Gasteiger partial charge in [-0.3, -0.25) is 14.4 Å². The average Bonchev–Trinajstić information content (AvgIpc) is 3.04. The van der Waals surface area contributed by atoms with E-state index in [-0.39, 0.29) is 23.9 Å². The predicted octanol–water partition coefficient (Wildman–Crippen LogP) is 2.08. The van der Waals surface area contributed by atoms with Crippen molar-refractivity contribution in [2.45, 2.75) is 20.4 Å². The van der Waals surface area contributed by atoms with Crippen molar-refractivity contribution in [3.05, 3.63) is 63.0 Å². The maximum absolute atomic E-state index is 12.6. The smallest absolute Gasteiger partial charge is 0.262 e. The van der Waals surface area contributed by atoms with Crippen LogP contribution in [-0.2, 0) is 18.4 Å². The number of aryl methyl sites for hydroxylation is 2. The van der Waals surface area contributed by atoms with Crippen LogP contribution in [0.15, 0.2) is 41.5 Å². The van der Waals surface area contributed by atoms with E-state index in [0.717, 1.165) is 16.9 Å². The first-order chi connectivity index (χ1) is 13.4.